The summed E-state index contributed by atoms with van der Waals surface area (Å²) in [6.45, 7) is 16.2. The fourth-order valence-corrected chi connectivity index (χ4v) is 4.50. The molecule has 4 aromatic rings. The average Bonchev–Trinajstić information content (AvgIpc) is 2.81. The van der Waals surface area contributed by atoms with E-state index in [1.165, 1.54) is 46.9 Å². The van der Waals surface area contributed by atoms with E-state index in [1.54, 1.807) is 0 Å². The summed E-state index contributed by atoms with van der Waals surface area (Å²) in [5.41, 5.74) is 8.35. The van der Waals surface area contributed by atoms with Gasteiger partial charge >= 0.3 is 6.18 Å². The van der Waals surface area contributed by atoms with E-state index in [0.717, 1.165) is 22.2 Å². The van der Waals surface area contributed by atoms with Crippen LogP contribution in [0, 0.1) is 32.8 Å². The maximum atomic E-state index is 11.6. The molecule has 1 radical (unpaired) electrons. The molecular formula is C33H35F3IrNO2-. The van der Waals surface area contributed by atoms with Gasteiger partial charge in [0.05, 0.1) is 5.52 Å². The molecule has 7 heteroatoms. The summed E-state index contributed by atoms with van der Waals surface area (Å²) in [5, 5.41) is 12.0. The molecule has 0 unspecified atom stereocenters. The topological polar surface area (TPSA) is 50.2 Å². The van der Waals surface area contributed by atoms with Crippen molar-refractivity contribution in [2.45, 2.75) is 67.0 Å². The number of aromatic nitrogens is 1. The number of aliphatic hydroxyl groups excluding tert-OH is 1. The second kappa shape index (κ2) is 12.7. The maximum Gasteiger partial charge on any atom is 0.448 e. The molecule has 0 saturated carbocycles. The molecule has 0 spiro atoms. The van der Waals surface area contributed by atoms with Crippen molar-refractivity contribution in [3.8, 4) is 11.3 Å². The smallest absolute Gasteiger partial charge is 0.448 e. The Balaban J connectivity index is 0.000000369. The first kappa shape index (κ1) is 33.2. The predicted octanol–water partition coefficient (Wildman–Crippen LogP) is 9.29. The van der Waals surface area contributed by atoms with Crippen LogP contribution in [0.25, 0.3) is 32.9 Å². The zero-order valence-electron chi connectivity index (χ0n) is 24.0. The van der Waals surface area contributed by atoms with Gasteiger partial charge in [0.25, 0.3) is 0 Å². The third kappa shape index (κ3) is 7.80. The number of ketones is 1. The summed E-state index contributed by atoms with van der Waals surface area (Å²) in [5.74, 6) is -3.14. The standard InChI is InChI=1S/C26H26N.C7H9F3O2.Ir/c1-16-11-17(2)25-18(3)13-23(27-24(25)12-16)20-14-19-9-7-8-10-21(19)22(15-20)26(4,5)6;1-4(2)5(11)3-6(12)7(8,9)10;/h7-13,15H,1-6H3;3-4,12H,1-2H3;/q-1;;/b;6-3-;. The Labute approximate surface area is 247 Å². The van der Waals surface area contributed by atoms with Crippen molar-refractivity contribution in [1.82, 2.24) is 4.98 Å². The SMILES string of the molecule is CC(C)C(=O)/C=C(\O)C(F)(F)F.Cc1cc(C)c2c(C)cc(-c3[c-]c4ccccc4c(C(C)(C)C)c3)nc2c1.[Ir]. The van der Waals surface area contributed by atoms with Crippen LogP contribution < -0.4 is 0 Å². The van der Waals surface area contributed by atoms with Gasteiger partial charge in [-0.1, -0.05) is 75.9 Å². The molecule has 0 atom stereocenters. The van der Waals surface area contributed by atoms with Crippen LogP contribution in [0.3, 0.4) is 0 Å². The number of halogens is 3. The van der Waals surface area contributed by atoms with E-state index in [4.69, 9.17) is 10.1 Å². The normalized spacial score (nSPS) is 12.2. The van der Waals surface area contributed by atoms with Crippen LogP contribution in [0.2, 0.25) is 0 Å². The number of benzene rings is 3. The number of nitrogens with zero attached hydrogens (tertiary/aromatic N) is 1. The quantitative estimate of drug-likeness (QED) is 0.130. The summed E-state index contributed by atoms with van der Waals surface area (Å²) in [7, 11) is 0. The van der Waals surface area contributed by atoms with Gasteiger partial charge in [-0.25, -0.2) is 0 Å². The number of rotatable bonds is 3. The molecule has 0 saturated heterocycles. The van der Waals surface area contributed by atoms with Crippen molar-refractivity contribution in [3.05, 3.63) is 88.7 Å². The third-order valence-electron chi connectivity index (χ3n) is 6.45. The Morgan fingerprint density at radius 2 is 1.57 bits per heavy atom. The van der Waals surface area contributed by atoms with E-state index in [9.17, 15) is 18.0 Å². The summed E-state index contributed by atoms with van der Waals surface area (Å²) in [4.78, 5) is 15.7. The van der Waals surface area contributed by atoms with Crippen molar-refractivity contribution in [2.24, 2.45) is 5.92 Å². The van der Waals surface area contributed by atoms with Crippen LogP contribution in [0.4, 0.5) is 13.2 Å². The molecule has 3 aromatic carbocycles. The second-order valence-electron chi connectivity index (χ2n) is 11.3. The van der Waals surface area contributed by atoms with Gasteiger partial charge in [0.2, 0.25) is 5.76 Å². The Morgan fingerprint density at radius 3 is 2.15 bits per heavy atom. The second-order valence-corrected chi connectivity index (χ2v) is 11.3. The van der Waals surface area contributed by atoms with Gasteiger partial charge in [-0.05, 0) is 48.9 Å². The van der Waals surface area contributed by atoms with Crippen LogP contribution in [-0.2, 0) is 30.3 Å². The van der Waals surface area contributed by atoms with Gasteiger partial charge in [0.15, 0.2) is 5.78 Å². The van der Waals surface area contributed by atoms with Crippen LogP contribution in [0.5, 0.6) is 0 Å². The molecule has 0 bridgehead atoms. The molecule has 0 amide bonds. The van der Waals surface area contributed by atoms with Gasteiger partial charge in [-0.15, -0.1) is 29.1 Å². The molecule has 0 aliphatic carbocycles. The van der Waals surface area contributed by atoms with Gasteiger partial charge in [0.1, 0.15) is 0 Å². The number of alkyl halides is 3. The predicted molar refractivity (Wildman–Crippen MR) is 153 cm³/mol. The first-order chi connectivity index (χ1) is 18.0. The van der Waals surface area contributed by atoms with Crippen LogP contribution >= 0.6 is 0 Å². The van der Waals surface area contributed by atoms with Crippen LogP contribution in [-0.4, -0.2) is 22.1 Å². The van der Waals surface area contributed by atoms with E-state index in [1.807, 2.05) is 0 Å². The van der Waals surface area contributed by atoms with Crippen molar-refractivity contribution < 1.29 is 43.2 Å². The molecule has 0 aliphatic heterocycles. The van der Waals surface area contributed by atoms with E-state index in [0.29, 0.717) is 0 Å². The Kier molecular flexibility index (Phi) is 10.5. The molecule has 0 fully saturated rings. The number of carbonyl (C=O) groups is 1. The number of carbonyl (C=O) groups excluding carboxylic acids is 1. The minimum Gasteiger partial charge on any atom is -0.504 e. The van der Waals surface area contributed by atoms with Gasteiger partial charge in [-0.2, -0.15) is 13.2 Å². The molecule has 3 nitrogen and oxygen atoms in total. The maximum absolute atomic E-state index is 11.6. The summed E-state index contributed by atoms with van der Waals surface area (Å²) in [6, 6.07) is 21.1. The molecule has 40 heavy (non-hydrogen) atoms. The minimum absolute atomic E-state index is 0. The summed E-state index contributed by atoms with van der Waals surface area (Å²) < 4.78 is 34.8. The number of fused-ring (bicyclic) bond motifs is 2. The zero-order chi connectivity index (χ0) is 29.3. The van der Waals surface area contributed by atoms with E-state index in [2.05, 4.69) is 96.1 Å². The summed E-state index contributed by atoms with van der Waals surface area (Å²) >= 11 is 0. The van der Waals surface area contributed by atoms with Crippen molar-refractivity contribution in [1.29, 1.82) is 0 Å². The van der Waals surface area contributed by atoms with E-state index >= 15 is 0 Å². The molecule has 4 rings (SSSR count). The third-order valence-corrected chi connectivity index (χ3v) is 6.45. The summed E-state index contributed by atoms with van der Waals surface area (Å²) in [6.07, 6.45) is -4.63. The number of hydrogen-bond acceptors (Lipinski definition) is 3. The Bertz CT molecular complexity index is 1560. The van der Waals surface area contributed by atoms with E-state index in [-0.39, 0.29) is 31.6 Å². The molecule has 215 valence electrons. The van der Waals surface area contributed by atoms with Crippen LogP contribution in [0.15, 0.2) is 60.4 Å². The molecule has 0 aliphatic rings. The molecular weight excluding hydrogens is 692 g/mol. The van der Waals surface area contributed by atoms with E-state index < -0.39 is 23.6 Å². The number of hydrogen-bond donors (Lipinski definition) is 1. The Hall–Kier alpha value is -3.02. The van der Waals surface area contributed by atoms with Gasteiger partial charge < -0.3 is 5.11 Å². The number of pyridine rings is 1. The molecule has 1 N–H and O–H groups in total. The van der Waals surface area contributed by atoms with Crippen LogP contribution in [0.1, 0.15) is 56.9 Å². The minimum atomic E-state index is -4.83. The largest absolute Gasteiger partial charge is 0.504 e. The fourth-order valence-electron chi connectivity index (χ4n) is 4.50. The zero-order valence-corrected chi connectivity index (χ0v) is 26.4. The fraction of sp³-hybridized carbons (Fsp3) is 0.333. The Morgan fingerprint density at radius 1 is 0.975 bits per heavy atom. The number of aliphatic hydroxyl groups is 1. The van der Waals surface area contributed by atoms with Gasteiger partial charge in [0, 0.05) is 43.2 Å². The first-order valence-corrected chi connectivity index (χ1v) is 12.8. The number of aryl methyl sites for hydroxylation is 3. The number of allylic oxidation sites excluding steroid dienone is 2. The van der Waals surface area contributed by atoms with Gasteiger partial charge in [-0.3, -0.25) is 9.78 Å². The monoisotopic (exact) mass is 727 g/mol. The first-order valence-electron chi connectivity index (χ1n) is 12.8. The van der Waals surface area contributed by atoms with Crippen molar-refractivity contribution in [3.63, 3.8) is 0 Å². The average molecular weight is 727 g/mol. The van der Waals surface area contributed by atoms with Crippen molar-refractivity contribution >= 4 is 27.5 Å². The van der Waals surface area contributed by atoms with Crippen molar-refractivity contribution in [2.75, 3.05) is 0 Å². The molecule has 1 aromatic heterocycles. The molecule has 1 heterocycles.